The van der Waals surface area contributed by atoms with Crippen molar-refractivity contribution in [2.24, 2.45) is 0 Å². The molecule has 3 aromatic rings. The lowest BCUT2D eigenvalue weighted by Crippen LogP contribution is -2.56. The normalized spacial score (nSPS) is 22.7. The van der Waals surface area contributed by atoms with Crippen molar-refractivity contribution in [3.05, 3.63) is 83.9 Å². The number of ether oxygens (including phenoxy) is 1. The molecule has 11 heteroatoms. The van der Waals surface area contributed by atoms with Gasteiger partial charge in [-0.2, -0.15) is 0 Å². The summed E-state index contributed by atoms with van der Waals surface area (Å²) in [7, 11) is 0. The summed E-state index contributed by atoms with van der Waals surface area (Å²) in [5, 5.41) is 2.75. The molecule has 8 nitrogen and oxygen atoms in total. The summed E-state index contributed by atoms with van der Waals surface area (Å²) < 4.78 is 49.1. The minimum atomic E-state index is -2.85. The van der Waals surface area contributed by atoms with E-state index in [4.69, 9.17) is 4.74 Å². The predicted octanol–water partition coefficient (Wildman–Crippen LogP) is 6.30. The van der Waals surface area contributed by atoms with E-state index in [1.165, 1.54) is 23.1 Å². The van der Waals surface area contributed by atoms with E-state index in [0.29, 0.717) is 24.5 Å². The zero-order chi connectivity index (χ0) is 32.5. The van der Waals surface area contributed by atoms with Crippen LogP contribution >= 0.6 is 0 Å². The number of hydrogen-bond acceptors (Lipinski definition) is 6. The van der Waals surface area contributed by atoms with Crippen LogP contribution in [0.25, 0.3) is 0 Å². The Labute approximate surface area is 267 Å². The molecule has 2 saturated carbocycles. The number of nitrogens with one attached hydrogen (secondary N) is 1. The van der Waals surface area contributed by atoms with Crippen molar-refractivity contribution in [1.82, 2.24) is 15.3 Å². The number of aryl methyl sites for hydroxylation is 1. The fourth-order valence-corrected chi connectivity index (χ4v) is 7.23. The average Bonchev–Trinajstić information content (AvgIpc) is 3.67. The molecule has 1 aliphatic heterocycles. The molecule has 244 valence electrons. The van der Waals surface area contributed by atoms with Crippen LogP contribution < -0.4 is 15.1 Å². The summed E-state index contributed by atoms with van der Waals surface area (Å²) in [6.45, 7) is 4.30. The lowest BCUT2D eigenvalue weighted by molar-refractivity contribution is -0.133. The zero-order valence-corrected chi connectivity index (χ0v) is 26.2. The number of benzene rings is 2. The second-order valence-electron chi connectivity index (χ2n) is 12.9. The molecule has 3 atom stereocenters. The Kier molecular flexibility index (Phi) is 9.05. The van der Waals surface area contributed by atoms with Gasteiger partial charge in [0.1, 0.15) is 17.9 Å². The third-order valence-corrected chi connectivity index (χ3v) is 9.68. The van der Waals surface area contributed by atoms with E-state index in [2.05, 4.69) is 22.2 Å². The van der Waals surface area contributed by atoms with Gasteiger partial charge in [0.05, 0.1) is 11.7 Å². The zero-order valence-electron chi connectivity index (χ0n) is 26.2. The monoisotopic (exact) mass is 635 g/mol. The van der Waals surface area contributed by atoms with Crippen LogP contribution in [0.3, 0.4) is 0 Å². The van der Waals surface area contributed by atoms with Gasteiger partial charge in [0.15, 0.2) is 0 Å². The highest BCUT2D eigenvalue weighted by atomic mass is 19.3. The van der Waals surface area contributed by atoms with Gasteiger partial charge in [0.25, 0.3) is 11.8 Å². The summed E-state index contributed by atoms with van der Waals surface area (Å²) in [6, 6.07) is 11.5. The largest absolute Gasteiger partial charge is 0.370 e. The van der Waals surface area contributed by atoms with Crippen molar-refractivity contribution >= 4 is 23.5 Å². The number of aromatic nitrogens is 2. The number of carbonyl (C=O) groups excluding carboxylic acids is 2. The van der Waals surface area contributed by atoms with Crippen molar-refractivity contribution in [1.29, 1.82) is 0 Å². The van der Waals surface area contributed by atoms with E-state index in [-0.39, 0.29) is 17.4 Å². The van der Waals surface area contributed by atoms with Gasteiger partial charge in [-0.25, -0.2) is 23.1 Å². The Balaban J connectivity index is 1.41. The number of amides is 2. The Bertz CT molecular complexity index is 1540. The van der Waals surface area contributed by atoms with Gasteiger partial charge in [0, 0.05) is 49.9 Å². The summed E-state index contributed by atoms with van der Waals surface area (Å²) >= 11 is 0. The van der Waals surface area contributed by atoms with Gasteiger partial charge >= 0.3 is 0 Å². The molecule has 3 unspecified atom stereocenters. The van der Waals surface area contributed by atoms with Gasteiger partial charge in [0.2, 0.25) is 11.9 Å². The third kappa shape index (κ3) is 6.61. The van der Waals surface area contributed by atoms with Gasteiger partial charge in [-0.05, 0) is 61.6 Å². The Morgan fingerprint density at radius 1 is 1.07 bits per heavy atom. The molecule has 1 aromatic heterocycles. The van der Waals surface area contributed by atoms with Crippen LogP contribution in [0.1, 0.15) is 75.5 Å². The molecule has 2 amide bonds. The molecular weight excluding hydrogens is 595 g/mol. The molecule has 3 fully saturated rings. The van der Waals surface area contributed by atoms with Crippen molar-refractivity contribution < 1.29 is 27.5 Å². The quantitative estimate of drug-likeness (QED) is 0.282. The fourth-order valence-electron chi connectivity index (χ4n) is 7.23. The summed E-state index contributed by atoms with van der Waals surface area (Å²) in [4.78, 5) is 41.2. The number of halogens is 3. The van der Waals surface area contributed by atoms with Gasteiger partial charge in [-0.3, -0.25) is 14.5 Å². The molecule has 1 N–H and O–H groups in total. The van der Waals surface area contributed by atoms with Crippen molar-refractivity contribution in [3.63, 3.8) is 0 Å². The number of rotatable bonds is 10. The van der Waals surface area contributed by atoms with Crippen LogP contribution in [-0.2, 0) is 14.3 Å². The molecule has 2 heterocycles. The molecule has 0 spiro atoms. The fraction of sp³-hybridized carbons (Fsp3) is 0.486. The summed E-state index contributed by atoms with van der Waals surface area (Å²) in [6.07, 6.45) is 7.17. The summed E-state index contributed by atoms with van der Waals surface area (Å²) in [5.41, 5.74) is 1.14. The highest BCUT2D eigenvalue weighted by Crippen LogP contribution is 2.41. The molecule has 0 radical (unpaired) electrons. The lowest BCUT2D eigenvalue weighted by atomic mass is 9.87. The van der Waals surface area contributed by atoms with Crippen molar-refractivity contribution in [3.8, 4) is 0 Å². The van der Waals surface area contributed by atoms with Gasteiger partial charge in [-0.1, -0.05) is 50.1 Å². The molecular formula is C35H40F3N5O3. The second kappa shape index (κ2) is 13.0. The SMILES string of the molecule is CCC1(OC2CC(C(=O)N(c3cccc(F)c3)C(C(=O)NC3CC(F)(F)C3)c3ccccc3C)N(c3ncccn3)C2)CCCC1. The smallest absolute Gasteiger partial charge is 0.252 e. The maximum absolute atomic E-state index is 15.0. The minimum Gasteiger partial charge on any atom is -0.370 e. The second-order valence-corrected chi connectivity index (χ2v) is 12.9. The van der Waals surface area contributed by atoms with Crippen LogP contribution in [0.15, 0.2) is 67.0 Å². The average molecular weight is 636 g/mol. The molecule has 6 rings (SSSR count). The minimum absolute atomic E-state index is 0.173. The summed E-state index contributed by atoms with van der Waals surface area (Å²) in [5.74, 6) is -4.17. The predicted molar refractivity (Wildman–Crippen MR) is 168 cm³/mol. The van der Waals surface area contributed by atoms with Gasteiger partial charge < -0.3 is 15.0 Å². The van der Waals surface area contributed by atoms with Crippen LogP contribution in [0.4, 0.5) is 24.8 Å². The van der Waals surface area contributed by atoms with Crippen LogP contribution in [0.2, 0.25) is 0 Å². The number of anilines is 2. The number of hydrogen-bond donors (Lipinski definition) is 1. The third-order valence-electron chi connectivity index (χ3n) is 9.68. The standard InChI is InChI=1S/C35H40F3N5O3/c1-3-34(14-6-7-15-34)46-27-19-29(42(22-27)33-39-16-9-17-40-33)32(45)43(26-12-8-11-24(36)18-26)30(28-13-5-4-10-23(28)2)31(44)41-25-20-35(37,38)21-25/h4-5,8-13,16-18,25,27,29-30H,3,6-7,14-15,19-22H2,1-2H3,(H,41,44). The topological polar surface area (TPSA) is 87.7 Å². The van der Waals surface area contributed by atoms with Crippen LogP contribution in [0.5, 0.6) is 0 Å². The first-order chi connectivity index (χ1) is 22.1. The first kappa shape index (κ1) is 32.0. The molecule has 3 aliphatic rings. The van der Waals surface area contributed by atoms with E-state index in [1.807, 2.05) is 19.1 Å². The lowest BCUT2D eigenvalue weighted by Gasteiger charge is -2.39. The van der Waals surface area contributed by atoms with E-state index < -0.39 is 54.5 Å². The Morgan fingerprint density at radius 3 is 2.43 bits per heavy atom. The molecule has 1 saturated heterocycles. The number of carbonyl (C=O) groups is 2. The molecule has 2 aromatic carbocycles. The van der Waals surface area contributed by atoms with Gasteiger partial charge in [-0.15, -0.1) is 0 Å². The number of nitrogens with zero attached hydrogens (tertiary/aromatic N) is 4. The van der Waals surface area contributed by atoms with Crippen molar-refractivity contribution in [2.75, 3.05) is 16.3 Å². The van der Waals surface area contributed by atoms with E-state index >= 15 is 4.79 Å². The first-order valence-electron chi connectivity index (χ1n) is 16.1. The van der Waals surface area contributed by atoms with E-state index in [1.54, 1.807) is 41.6 Å². The molecule has 0 bridgehead atoms. The van der Waals surface area contributed by atoms with E-state index in [9.17, 15) is 18.0 Å². The molecule has 2 aliphatic carbocycles. The maximum atomic E-state index is 15.0. The van der Waals surface area contributed by atoms with Crippen LogP contribution in [-0.4, -0.2) is 58.0 Å². The Morgan fingerprint density at radius 2 is 1.78 bits per heavy atom. The highest BCUT2D eigenvalue weighted by Gasteiger charge is 2.49. The maximum Gasteiger partial charge on any atom is 0.252 e. The first-order valence-corrected chi connectivity index (χ1v) is 16.1. The van der Waals surface area contributed by atoms with Crippen molar-refractivity contribution in [2.45, 2.75) is 101 Å². The van der Waals surface area contributed by atoms with E-state index in [0.717, 1.165) is 37.7 Å². The Hall–Kier alpha value is -3.99. The van der Waals surface area contributed by atoms with Crippen LogP contribution in [0, 0.1) is 12.7 Å². The highest BCUT2D eigenvalue weighted by molar-refractivity contribution is 6.05. The number of alkyl halides is 2. The molecule has 46 heavy (non-hydrogen) atoms.